The van der Waals surface area contributed by atoms with Gasteiger partial charge in [-0.05, 0) is 44.0 Å². The maximum Gasteiger partial charge on any atom is 0.231 e. The molecule has 0 fully saturated rings. The lowest BCUT2D eigenvalue weighted by Gasteiger charge is -2.03. The fourth-order valence-corrected chi connectivity index (χ4v) is 3.50. The fraction of sp³-hybridized carbons (Fsp3) is 0.400. The van der Waals surface area contributed by atoms with Crippen molar-refractivity contribution >= 4 is 11.3 Å². The number of aryl methyl sites for hydroxylation is 1. The van der Waals surface area contributed by atoms with Crippen LogP contribution in [-0.2, 0) is 12.8 Å². The molecule has 0 saturated carbocycles. The van der Waals surface area contributed by atoms with Crippen molar-refractivity contribution < 1.29 is 9.47 Å². The molecular weight excluding hydrogens is 272 g/mol. The number of benzene rings is 1. The summed E-state index contributed by atoms with van der Waals surface area (Å²) in [5.41, 5.74) is 7.84. The second kappa shape index (κ2) is 5.81. The van der Waals surface area contributed by atoms with Crippen LogP contribution in [0.3, 0.4) is 0 Å². The average molecular weight is 290 g/mol. The molecular formula is C15H18N2O2S. The average Bonchev–Trinajstić information content (AvgIpc) is 3.05. The van der Waals surface area contributed by atoms with Gasteiger partial charge in [-0.3, -0.25) is 0 Å². The topological polar surface area (TPSA) is 57.4 Å². The Kier molecular flexibility index (Phi) is 3.89. The van der Waals surface area contributed by atoms with Crippen LogP contribution in [0.4, 0.5) is 0 Å². The molecule has 20 heavy (non-hydrogen) atoms. The van der Waals surface area contributed by atoms with Gasteiger partial charge < -0.3 is 15.2 Å². The first-order valence-electron chi connectivity index (χ1n) is 6.90. The van der Waals surface area contributed by atoms with Crippen LogP contribution in [-0.4, -0.2) is 18.3 Å². The van der Waals surface area contributed by atoms with Gasteiger partial charge in [-0.2, -0.15) is 0 Å². The minimum atomic E-state index is 0.298. The monoisotopic (exact) mass is 290 g/mol. The lowest BCUT2D eigenvalue weighted by atomic mass is 10.1. The number of fused-ring (bicyclic) bond motifs is 1. The van der Waals surface area contributed by atoms with Crippen molar-refractivity contribution in [2.24, 2.45) is 5.73 Å². The zero-order valence-corrected chi connectivity index (χ0v) is 12.3. The number of thiazole rings is 1. The minimum Gasteiger partial charge on any atom is -0.454 e. The molecule has 0 unspecified atom stereocenters. The van der Waals surface area contributed by atoms with Gasteiger partial charge in [0.25, 0.3) is 0 Å². The molecule has 2 aromatic rings. The summed E-state index contributed by atoms with van der Waals surface area (Å²) in [6.07, 6.45) is 2.99. The summed E-state index contributed by atoms with van der Waals surface area (Å²) in [5.74, 6) is 1.60. The molecule has 1 aromatic carbocycles. The highest BCUT2D eigenvalue weighted by molar-refractivity contribution is 7.12. The maximum absolute atomic E-state index is 5.72. The summed E-state index contributed by atoms with van der Waals surface area (Å²) >= 11 is 1.77. The van der Waals surface area contributed by atoms with Gasteiger partial charge in [-0.15, -0.1) is 11.3 Å². The molecule has 1 aromatic heterocycles. The third-order valence-corrected chi connectivity index (χ3v) is 4.40. The van der Waals surface area contributed by atoms with E-state index in [1.165, 1.54) is 9.88 Å². The molecule has 106 valence electrons. The Balaban J connectivity index is 1.99. The molecule has 0 bridgehead atoms. The minimum absolute atomic E-state index is 0.298. The first-order chi connectivity index (χ1) is 9.81. The van der Waals surface area contributed by atoms with E-state index in [1.54, 1.807) is 11.3 Å². The zero-order chi connectivity index (χ0) is 13.9. The smallest absolute Gasteiger partial charge is 0.231 e. The van der Waals surface area contributed by atoms with Gasteiger partial charge in [0, 0.05) is 10.4 Å². The van der Waals surface area contributed by atoms with Crippen molar-refractivity contribution in [3.05, 3.63) is 28.1 Å². The van der Waals surface area contributed by atoms with Gasteiger partial charge in [0.05, 0.1) is 10.7 Å². The van der Waals surface area contributed by atoms with E-state index in [-0.39, 0.29) is 0 Å². The van der Waals surface area contributed by atoms with E-state index in [0.717, 1.165) is 42.0 Å². The Morgan fingerprint density at radius 3 is 2.90 bits per heavy atom. The molecule has 0 aliphatic carbocycles. The predicted molar refractivity (Wildman–Crippen MR) is 80.4 cm³/mol. The van der Waals surface area contributed by atoms with Crippen LogP contribution < -0.4 is 15.2 Å². The molecule has 1 aliphatic rings. The van der Waals surface area contributed by atoms with E-state index in [4.69, 9.17) is 20.2 Å². The highest BCUT2D eigenvalue weighted by Crippen LogP contribution is 2.37. The maximum atomic E-state index is 5.72. The van der Waals surface area contributed by atoms with Crippen molar-refractivity contribution in [1.29, 1.82) is 0 Å². The molecule has 5 heteroatoms. The molecule has 0 radical (unpaired) electrons. The predicted octanol–water partition coefficient (Wildman–Crippen LogP) is 2.99. The Morgan fingerprint density at radius 2 is 2.10 bits per heavy atom. The van der Waals surface area contributed by atoms with E-state index in [1.807, 2.05) is 18.2 Å². The SMILES string of the molecule is CCCc1nc(-c2ccc3c(c2)OCO3)c(CCN)s1. The Morgan fingerprint density at radius 1 is 1.25 bits per heavy atom. The van der Waals surface area contributed by atoms with Crippen LogP contribution in [0.1, 0.15) is 23.2 Å². The third-order valence-electron chi connectivity index (χ3n) is 3.22. The lowest BCUT2D eigenvalue weighted by Crippen LogP contribution is -2.02. The second-order valence-corrected chi connectivity index (χ2v) is 5.90. The van der Waals surface area contributed by atoms with Crippen molar-refractivity contribution in [2.75, 3.05) is 13.3 Å². The van der Waals surface area contributed by atoms with Crippen LogP contribution in [0, 0.1) is 0 Å². The zero-order valence-electron chi connectivity index (χ0n) is 11.5. The van der Waals surface area contributed by atoms with Crippen molar-refractivity contribution in [3.63, 3.8) is 0 Å². The number of hydrogen-bond donors (Lipinski definition) is 1. The molecule has 2 heterocycles. The molecule has 0 atom stereocenters. The van der Waals surface area contributed by atoms with E-state index < -0.39 is 0 Å². The molecule has 0 amide bonds. The molecule has 0 spiro atoms. The largest absolute Gasteiger partial charge is 0.454 e. The van der Waals surface area contributed by atoms with Gasteiger partial charge >= 0.3 is 0 Å². The Bertz CT molecular complexity index is 610. The standard InChI is InChI=1S/C15H18N2O2S/c1-2-3-14-17-15(13(20-14)6-7-16)10-4-5-11-12(8-10)19-9-18-11/h4-5,8H,2-3,6-7,9,16H2,1H3. The van der Waals surface area contributed by atoms with Gasteiger partial charge in [0.15, 0.2) is 11.5 Å². The summed E-state index contributed by atoms with van der Waals surface area (Å²) in [6.45, 7) is 3.11. The number of ether oxygens (including phenoxy) is 2. The summed E-state index contributed by atoms with van der Waals surface area (Å²) in [4.78, 5) is 6.04. The van der Waals surface area contributed by atoms with E-state index in [0.29, 0.717) is 13.3 Å². The number of rotatable bonds is 5. The third kappa shape index (κ3) is 2.51. The molecule has 2 N–H and O–H groups in total. The van der Waals surface area contributed by atoms with Crippen LogP contribution in [0.2, 0.25) is 0 Å². The number of nitrogens with two attached hydrogens (primary N) is 1. The number of nitrogens with zero attached hydrogens (tertiary/aromatic N) is 1. The summed E-state index contributed by atoms with van der Waals surface area (Å²) < 4.78 is 10.8. The van der Waals surface area contributed by atoms with E-state index >= 15 is 0 Å². The van der Waals surface area contributed by atoms with Crippen LogP contribution in [0.15, 0.2) is 18.2 Å². The van der Waals surface area contributed by atoms with Crippen molar-refractivity contribution in [1.82, 2.24) is 4.98 Å². The molecule has 0 saturated heterocycles. The summed E-state index contributed by atoms with van der Waals surface area (Å²) in [6, 6.07) is 5.99. The highest BCUT2D eigenvalue weighted by Gasteiger charge is 2.17. The highest BCUT2D eigenvalue weighted by atomic mass is 32.1. The van der Waals surface area contributed by atoms with Gasteiger partial charge in [0.1, 0.15) is 0 Å². The van der Waals surface area contributed by atoms with Crippen molar-refractivity contribution in [2.45, 2.75) is 26.2 Å². The van der Waals surface area contributed by atoms with Gasteiger partial charge in [-0.1, -0.05) is 6.92 Å². The first-order valence-corrected chi connectivity index (χ1v) is 7.72. The normalized spacial score (nSPS) is 12.9. The summed E-state index contributed by atoms with van der Waals surface area (Å²) in [5, 5.41) is 1.18. The molecule has 1 aliphatic heterocycles. The fourth-order valence-electron chi connectivity index (χ4n) is 2.29. The number of aromatic nitrogens is 1. The second-order valence-electron chi connectivity index (χ2n) is 4.74. The van der Waals surface area contributed by atoms with E-state index in [2.05, 4.69) is 6.92 Å². The number of hydrogen-bond acceptors (Lipinski definition) is 5. The van der Waals surface area contributed by atoms with Crippen LogP contribution >= 0.6 is 11.3 Å². The van der Waals surface area contributed by atoms with Gasteiger partial charge in [0.2, 0.25) is 6.79 Å². The Labute approximate surface area is 122 Å². The first kappa shape index (κ1) is 13.4. The molecule has 4 nitrogen and oxygen atoms in total. The van der Waals surface area contributed by atoms with Gasteiger partial charge in [-0.25, -0.2) is 4.98 Å². The van der Waals surface area contributed by atoms with Crippen LogP contribution in [0.25, 0.3) is 11.3 Å². The van der Waals surface area contributed by atoms with E-state index in [9.17, 15) is 0 Å². The lowest BCUT2D eigenvalue weighted by molar-refractivity contribution is 0.174. The van der Waals surface area contributed by atoms with Crippen LogP contribution in [0.5, 0.6) is 11.5 Å². The van der Waals surface area contributed by atoms with Crippen molar-refractivity contribution in [3.8, 4) is 22.8 Å². The summed E-state index contributed by atoms with van der Waals surface area (Å²) in [7, 11) is 0. The molecule has 3 rings (SSSR count). The Hall–Kier alpha value is -1.59. The quantitative estimate of drug-likeness (QED) is 0.919.